The third-order valence-electron chi connectivity index (χ3n) is 4.53. The van der Waals surface area contributed by atoms with E-state index in [0.29, 0.717) is 5.92 Å². The molecular formula is C16H19N3O3. The van der Waals surface area contributed by atoms with E-state index < -0.39 is 11.5 Å². The number of rotatable bonds is 4. The molecule has 2 heterocycles. The van der Waals surface area contributed by atoms with E-state index in [2.05, 4.69) is 15.3 Å². The standard InChI is InChI=1S/C16H19N3O3/c1-8(2)16(3)15(22)18-13(19-16)12-10(14(20)21)6-7-11(17-12)9-4-5-9/h6-9H,4-5H2,1-3H3,(H,20,21)(H,18,19,22). The van der Waals surface area contributed by atoms with E-state index in [0.717, 1.165) is 18.5 Å². The van der Waals surface area contributed by atoms with E-state index in [9.17, 15) is 14.7 Å². The van der Waals surface area contributed by atoms with Crippen LogP contribution in [0.2, 0.25) is 0 Å². The molecule has 0 aromatic carbocycles. The number of carbonyl (C=O) groups is 2. The second-order valence-corrected chi connectivity index (χ2v) is 6.43. The summed E-state index contributed by atoms with van der Waals surface area (Å²) in [6.07, 6.45) is 2.14. The predicted molar refractivity (Wildman–Crippen MR) is 81.1 cm³/mol. The van der Waals surface area contributed by atoms with Crippen LogP contribution < -0.4 is 5.32 Å². The smallest absolute Gasteiger partial charge is 0.338 e. The molecule has 3 rings (SSSR count). The molecule has 116 valence electrons. The molecule has 1 aliphatic heterocycles. The van der Waals surface area contributed by atoms with Crippen molar-refractivity contribution in [1.29, 1.82) is 0 Å². The minimum Gasteiger partial charge on any atom is -0.478 e. The number of aromatic carboxylic acids is 1. The van der Waals surface area contributed by atoms with Crippen LogP contribution in [0.15, 0.2) is 17.1 Å². The lowest BCUT2D eigenvalue weighted by Crippen LogP contribution is -2.41. The fourth-order valence-electron chi connectivity index (χ4n) is 2.48. The Hall–Kier alpha value is -2.24. The third-order valence-corrected chi connectivity index (χ3v) is 4.53. The molecule has 0 saturated heterocycles. The van der Waals surface area contributed by atoms with Gasteiger partial charge in [-0.3, -0.25) is 4.79 Å². The van der Waals surface area contributed by atoms with Crippen LogP contribution in [0.5, 0.6) is 0 Å². The van der Waals surface area contributed by atoms with Gasteiger partial charge in [-0.25, -0.2) is 14.8 Å². The van der Waals surface area contributed by atoms with E-state index in [1.165, 1.54) is 0 Å². The molecule has 1 aromatic heterocycles. The van der Waals surface area contributed by atoms with Gasteiger partial charge in [0.25, 0.3) is 5.91 Å². The van der Waals surface area contributed by atoms with Gasteiger partial charge in [-0.2, -0.15) is 0 Å². The number of aliphatic imine (C=N–C) groups is 1. The van der Waals surface area contributed by atoms with Crippen LogP contribution in [0.1, 0.15) is 61.3 Å². The maximum atomic E-state index is 12.2. The summed E-state index contributed by atoms with van der Waals surface area (Å²) in [5, 5.41) is 12.1. The fraction of sp³-hybridized carbons (Fsp3) is 0.500. The number of nitrogens with zero attached hydrogens (tertiary/aromatic N) is 2. The zero-order chi connectivity index (χ0) is 16.1. The summed E-state index contributed by atoms with van der Waals surface area (Å²) in [6, 6.07) is 3.31. The van der Waals surface area contributed by atoms with Gasteiger partial charge in [-0.15, -0.1) is 0 Å². The van der Waals surface area contributed by atoms with Crippen molar-refractivity contribution in [2.75, 3.05) is 0 Å². The van der Waals surface area contributed by atoms with Crippen LogP contribution in [0, 0.1) is 5.92 Å². The molecule has 22 heavy (non-hydrogen) atoms. The number of amidine groups is 1. The van der Waals surface area contributed by atoms with Crippen LogP contribution in [-0.4, -0.2) is 33.3 Å². The number of amides is 1. The molecule has 1 atom stereocenters. The highest BCUT2D eigenvalue weighted by Gasteiger charge is 2.43. The topological polar surface area (TPSA) is 91.7 Å². The number of hydrogen-bond acceptors (Lipinski definition) is 4. The number of carbonyl (C=O) groups excluding carboxylic acids is 1. The lowest BCUT2D eigenvalue weighted by Gasteiger charge is -2.21. The van der Waals surface area contributed by atoms with Crippen molar-refractivity contribution in [1.82, 2.24) is 10.3 Å². The molecule has 2 N–H and O–H groups in total. The van der Waals surface area contributed by atoms with Crippen molar-refractivity contribution in [3.05, 3.63) is 29.1 Å². The van der Waals surface area contributed by atoms with E-state index in [1.54, 1.807) is 19.1 Å². The second-order valence-electron chi connectivity index (χ2n) is 6.43. The predicted octanol–water partition coefficient (Wildman–Crippen LogP) is 1.95. The molecule has 6 heteroatoms. The van der Waals surface area contributed by atoms with Crippen molar-refractivity contribution in [2.45, 2.75) is 45.1 Å². The number of nitrogens with one attached hydrogen (secondary N) is 1. The Labute approximate surface area is 128 Å². The molecular weight excluding hydrogens is 282 g/mol. The van der Waals surface area contributed by atoms with Gasteiger partial charge in [0.2, 0.25) is 0 Å². The van der Waals surface area contributed by atoms with E-state index >= 15 is 0 Å². The summed E-state index contributed by atoms with van der Waals surface area (Å²) in [7, 11) is 0. The minimum atomic E-state index is -1.07. The van der Waals surface area contributed by atoms with Crippen LogP contribution >= 0.6 is 0 Å². The first kappa shape index (κ1) is 14.7. The average Bonchev–Trinajstić information content (AvgIpc) is 3.25. The molecule has 1 amide bonds. The quantitative estimate of drug-likeness (QED) is 0.889. The van der Waals surface area contributed by atoms with Crippen LogP contribution in [0.4, 0.5) is 0 Å². The normalized spacial score (nSPS) is 24.4. The van der Waals surface area contributed by atoms with Gasteiger partial charge in [0, 0.05) is 11.6 Å². The number of hydrogen-bond donors (Lipinski definition) is 2. The Morgan fingerprint density at radius 2 is 2.09 bits per heavy atom. The second kappa shape index (κ2) is 4.90. The van der Waals surface area contributed by atoms with Crippen molar-refractivity contribution < 1.29 is 14.7 Å². The Balaban J connectivity index is 2.09. The summed E-state index contributed by atoms with van der Waals surface area (Å²) < 4.78 is 0. The third kappa shape index (κ3) is 2.28. The highest BCUT2D eigenvalue weighted by molar-refractivity contribution is 6.17. The molecule has 1 aromatic rings. The van der Waals surface area contributed by atoms with Gasteiger partial charge >= 0.3 is 5.97 Å². The van der Waals surface area contributed by atoms with Crippen LogP contribution in [-0.2, 0) is 4.79 Å². The maximum Gasteiger partial charge on any atom is 0.338 e. The van der Waals surface area contributed by atoms with Gasteiger partial charge in [0.15, 0.2) is 5.84 Å². The van der Waals surface area contributed by atoms with E-state index in [-0.39, 0.29) is 28.9 Å². The molecule has 0 spiro atoms. The molecule has 1 fully saturated rings. The highest BCUT2D eigenvalue weighted by atomic mass is 16.4. The maximum absolute atomic E-state index is 12.2. The Morgan fingerprint density at radius 3 is 2.59 bits per heavy atom. The van der Waals surface area contributed by atoms with Crippen molar-refractivity contribution in [3.8, 4) is 0 Å². The zero-order valence-corrected chi connectivity index (χ0v) is 12.9. The number of carboxylic acid groups (broad SMARTS) is 1. The molecule has 0 radical (unpaired) electrons. The zero-order valence-electron chi connectivity index (χ0n) is 12.9. The van der Waals surface area contributed by atoms with Gasteiger partial charge in [-0.05, 0) is 37.8 Å². The van der Waals surface area contributed by atoms with Crippen LogP contribution in [0.3, 0.4) is 0 Å². The molecule has 1 aliphatic carbocycles. The summed E-state index contributed by atoms with van der Waals surface area (Å²) in [6.45, 7) is 5.58. The molecule has 2 aliphatic rings. The summed E-state index contributed by atoms with van der Waals surface area (Å²) in [5.41, 5.74) is 0.309. The van der Waals surface area contributed by atoms with Gasteiger partial charge in [-0.1, -0.05) is 13.8 Å². The van der Waals surface area contributed by atoms with Crippen molar-refractivity contribution in [2.24, 2.45) is 10.9 Å². The molecule has 1 saturated carbocycles. The van der Waals surface area contributed by atoms with Crippen molar-refractivity contribution >= 4 is 17.7 Å². The monoisotopic (exact) mass is 301 g/mol. The van der Waals surface area contributed by atoms with E-state index in [4.69, 9.17) is 0 Å². The molecule has 6 nitrogen and oxygen atoms in total. The largest absolute Gasteiger partial charge is 0.478 e. The first-order valence-electron chi connectivity index (χ1n) is 7.49. The van der Waals surface area contributed by atoms with Gasteiger partial charge in [0.05, 0.1) is 5.56 Å². The van der Waals surface area contributed by atoms with Gasteiger partial charge in [0.1, 0.15) is 11.2 Å². The lowest BCUT2D eigenvalue weighted by atomic mass is 9.89. The van der Waals surface area contributed by atoms with E-state index in [1.807, 2.05) is 13.8 Å². The minimum absolute atomic E-state index is 0.00453. The SMILES string of the molecule is CC(C)C1(C)N=C(c2nc(C3CC3)ccc2C(=O)O)NC1=O. The number of pyridine rings is 1. The highest BCUT2D eigenvalue weighted by Crippen LogP contribution is 2.39. The summed E-state index contributed by atoms with van der Waals surface area (Å²) in [5.74, 6) is -0.616. The fourth-order valence-corrected chi connectivity index (χ4v) is 2.48. The Morgan fingerprint density at radius 1 is 1.41 bits per heavy atom. The van der Waals surface area contributed by atoms with Crippen LogP contribution in [0.25, 0.3) is 0 Å². The van der Waals surface area contributed by atoms with Crippen molar-refractivity contribution in [3.63, 3.8) is 0 Å². The average molecular weight is 301 g/mol. The number of aromatic nitrogens is 1. The molecule has 1 unspecified atom stereocenters. The lowest BCUT2D eigenvalue weighted by molar-refractivity contribution is -0.124. The Bertz CT molecular complexity index is 692. The first-order chi connectivity index (χ1) is 10.3. The Kier molecular flexibility index (Phi) is 3.27. The van der Waals surface area contributed by atoms with Gasteiger partial charge < -0.3 is 10.4 Å². The summed E-state index contributed by atoms with van der Waals surface area (Å²) >= 11 is 0. The molecule has 0 bridgehead atoms. The summed E-state index contributed by atoms with van der Waals surface area (Å²) in [4.78, 5) is 32.6. The number of carboxylic acids is 1. The first-order valence-corrected chi connectivity index (χ1v) is 7.49.